The molecule has 0 fully saturated rings. The highest BCUT2D eigenvalue weighted by molar-refractivity contribution is 5.97. The van der Waals surface area contributed by atoms with Crippen LogP contribution in [-0.2, 0) is 13.1 Å². The van der Waals surface area contributed by atoms with Crippen LogP contribution in [0.3, 0.4) is 0 Å². The second kappa shape index (κ2) is 10.1. The number of benzene rings is 3. The van der Waals surface area contributed by atoms with Crippen molar-refractivity contribution in [3.8, 4) is 5.75 Å². The standard InChI is InChI=1S/C26H28N4O2/c1-29(18-20-7-4-3-5-8-20)14-13-27-26(31)22-11-12-23-17-28-30(25(23)16-22)19-21-9-6-10-24(15-21)32-2/h3-12,15-17H,13-14,18-19H2,1-2H3,(H,27,31). The molecule has 1 heterocycles. The maximum Gasteiger partial charge on any atom is 0.251 e. The molecule has 164 valence electrons. The predicted molar refractivity (Wildman–Crippen MR) is 127 cm³/mol. The quantitative estimate of drug-likeness (QED) is 0.439. The summed E-state index contributed by atoms with van der Waals surface area (Å²) in [5.74, 6) is 0.741. The van der Waals surface area contributed by atoms with Crippen LogP contribution in [0.25, 0.3) is 10.9 Å². The highest BCUT2D eigenvalue weighted by Gasteiger charge is 2.10. The summed E-state index contributed by atoms with van der Waals surface area (Å²) in [6.07, 6.45) is 1.83. The Morgan fingerprint density at radius 1 is 1.03 bits per heavy atom. The van der Waals surface area contributed by atoms with Gasteiger partial charge in [0.25, 0.3) is 5.91 Å². The Balaban J connectivity index is 1.38. The van der Waals surface area contributed by atoms with E-state index in [-0.39, 0.29) is 5.91 Å². The number of carbonyl (C=O) groups excluding carboxylic acids is 1. The van der Waals surface area contributed by atoms with Gasteiger partial charge < -0.3 is 15.0 Å². The van der Waals surface area contributed by atoms with Gasteiger partial charge in [-0.25, -0.2) is 0 Å². The number of nitrogens with one attached hydrogen (secondary N) is 1. The smallest absolute Gasteiger partial charge is 0.251 e. The van der Waals surface area contributed by atoms with Gasteiger partial charge in [0.15, 0.2) is 0 Å². The molecule has 0 spiro atoms. The molecule has 6 heteroatoms. The van der Waals surface area contributed by atoms with Crippen LogP contribution in [0.4, 0.5) is 0 Å². The first-order chi connectivity index (χ1) is 15.6. The van der Waals surface area contributed by atoms with Crippen molar-refractivity contribution < 1.29 is 9.53 Å². The van der Waals surface area contributed by atoms with E-state index >= 15 is 0 Å². The number of ether oxygens (including phenoxy) is 1. The average molecular weight is 429 g/mol. The van der Waals surface area contributed by atoms with Gasteiger partial charge in [0.05, 0.1) is 25.4 Å². The van der Waals surface area contributed by atoms with E-state index in [0.29, 0.717) is 18.7 Å². The van der Waals surface area contributed by atoms with Gasteiger partial charge in [-0.15, -0.1) is 0 Å². The Morgan fingerprint density at radius 2 is 1.84 bits per heavy atom. The molecule has 0 aliphatic heterocycles. The normalized spacial score (nSPS) is 11.1. The number of hydrogen-bond donors (Lipinski definition) is 1. The first kappa shape index (κ1) is 21.6. The molecule has 0 saturated carbocycles. The van der Waals surface area contributed by atoms with Crippen LogP contribution < -0.4 is 10.1 Å². The second-order valence-electron chi connectivity index (χ2n) is 7.91. The Bertz CT molecular complexity index is 1190. The lowest BCUT2D eigenvalue weighted by Crippen LogP contribution is -2.32. The van der Waals surface area contributed by atoms with Crippen LogP contribution in [0.2, 0.25) is 0 Å². The van der Waals surface area contributed by atoms with Crippen molar-refractivity contribution >= 4 is 16.8 Å². The van der Waals surface area contributed by atoms with E-state index in [0.717, 1.165) is 35.3 Å². The minimum atomic E-state index is -0.0749. The highest BCUT2D eigenvalue weighted by atomic mass is 16.5. The Hall–Kier alpha value is -3.64. The average Bonchev–Trinajstić information content (AvgIpc) is 3.21. The van der Waals surface area contributed by atoms with Crippen LogP contribution in [-0.4, -0.2) is 47.8 Å². The van der Waals surface area contributed by atoms with Crippen molar-refractivity contribution in [2.75, 3.05) is 27.2 Å². The van der Waals surface area contributed by atoms with Gasteiger partial charge in [-0.05, 0) is 42.4 Å². The molecule has 1 N–H and O–H groups in total. The SMILES string of the molecule is COc1cccc(Cn2ncc3ccc(C(=O)NCCN(C)Cc4ccccc4)cc32)c1. The molecule has 1 amide bonds. The third kappa shape index (κ3) is 5.34. The van der Waals surface area contributed by atoms with E-state index in [2.05, 4.69) is 34.5 Å². The molecule has 1 aromatic heterocycles. The van der Waals surface area contributed by atoms with Crippen molar-refractivity contribution in [2.45, 2.75) is 13.1 Å². The van der Waals surface area contributed by atoms with E-state index in [9.17, 15) is 4.79 Å². The molecule has 0 unspecified atom stereocenters. The Labute approximate surface area is 188 Å². The lowest BCUT2D eigenvalue weighted by atomic mass is 10.1. The first-order valence-electron chi connectivity index (χ1n) is 10.7. The Morgan fingerprint density at radius 3 is 2.66 bits per heavy atom. The minimum Gasteiger partial charge on any atom is -0.497 e. The van der Waals surface area contributed by atoms with E-state index < -0.39 is 0 Å². The zero-order valence-electron chi connectivity index (χ0n) is 18.5. The maximum atomic E-state index is 12.7. The second-order valence-corrected chi connectivity index (χ2v) is 7.91. The molecule has 32 heavy (non-hydrogen) atoms. The van der Waals surface area contributed by atoms with Crippen LogP contribution >= 0.6 is 0 Å². The van der Waals surface area contributed by atoms with E-state index in [1.807, 2.05) is 71.5 Å². The maximum absolute atomic E-state index is 12.7. The summed E-state index contributed by atoms with van der Waals surface area (Å²) >= 11 is 0. The largest absolute Gasteiger partial charge is 0.497 e. The van der Waals surface area contributed by atoms with Crippen molar-refractivity contribution in [3.05, 3.63) is 95.7 Å². The van der Waals surface area contributed by atoms with E-state index in [1.165, 1.54) is 5.56 Å². The summed E-state index contributed by atoms with van der Waals surface area (Å²) in [6, 6.07) is 23.9. The molecule has 0 atom stereocenters. The number of rotatable bonds is 9. The van der Waals surface area contributed by atoms with E-state index in [4.69, 9.17) is 4.74 Å². The fourth-order valence-electron chi connectivity index (χ4n) is 3.72. The van der Waals surface area contributed by atoms with Crippen LogP contribution in [0.1, 0.15) is 21.5 Å². The topological polar surface area (TPSA) is 59.4 Å². The predicted octanol–water partition coefficient (Wildman–Crippen LogP) is 3.96. The van der Waals surface area contributed by atoms with Gasteiger partial charge in [-0.3, -0.25) is 9.48 Å². The molecular weight excluding hydrogens is 400 g/mol. The molecule has 4 aromatic rings. The molecular formula is C26H28N4O2. The molecule has 0 bridgehead atoms. The van der Waals surface area contributed by atoms with Gasteiger partial charge in [-0.1, -0.05) is 48.5 Å². The molecule has 0 aliphatic rings. The van der Waals surface area contributed by atoms with E-state index in [1.54, 1.807) is 7.11 Å². The molecule has 0 aliphatic carbocycles. The zero-order chi connectivity index (χ0) is 22.3. The first-order valence-corrected chi connectivity index (χ1v) is 10.7. The summed E-state index contributed by atoms with van der Waals surface area (Å²) in [5, 5.41) is 8.55. The lowest BCUT2D eigenvalue weighted by molar-refractivity contribution is 0.0949. The molecule has 3 aromatic carbocycles. The molecule has 0 radical (unpaired) electrons. The number of aromatic nitrogens is 2. The summed E-state index contributed by atoms with van der Waals surface area (Å²) in [4.78, 5) is 14.9. The van der Waals surface area contributed by atoms with Gasteiger partial charge in [0.1, 0.15) is 5.75 Å². The van der Waals surface area contributed by atoms with Gasteiger partial charge in [-0.2, -0.15) is 5.10 Å². The number of amides is 1. The lowest BCUT2D eigenvalue weighted by Gasteiger charge is -2.17. The summed E-state index contributed by atoms with van der Waals surface area (Å²) in [5.41, 5.74) is 3.92. The number of nitrogens with zero attached hydrogens (tertiary/aromatic N) is 3. The monoisotopic (exact) mass is 428 g/mol. The third-order valence-corrected chi connectivity index (χ3v) is 5.45. The van der Waals surface area contributed by atoms with Crippen LogP contribution in [0.5, 0.6) is 5.75 Å². The van der Waals surface area contributed by atoms with Gasteiger partial charge in [0.2, 0.25) is 0 Å². The molecule has 4 rings (SSSR count). The summed E-state index contributed by atoms with van der Waals surface area (Å²) < 4.78 is 7.22. The van der Waals surface area contributed by atoms with Gasteiger partial charge >= 0.3 is 0 Å². The molecule has 6 nitrogen and oxygen atoms in total. The fourth-order valence-corrected chi connectivity index (χ4v) is 3.72. The highest BCUT2D eigenvalue weighted by Crippen LogP contribution is 2.19. The van der Waals surface area contributed by atoms with Crippen LogP contribution in [0.15, 0.2) is 79.0 Å². The number of fused-ring (bicyclic) bond motifs is 1. The number of hydrogen-bond acceptors (Lipinski definition) is 4. The fraction of sp³-hybridized carbons (Fsp3) is 0.231. The zero-order valence-corrected chi connectivity index (χ0v) is 18.5. The van der Waals surface area contributed by atoms with Crippen molar-refractivity contribution in [1.29, 1.82) is 0 Å². The van der Waals surface area contributed by atoms with Crippen molar-refractivity contribution in [2.24, 2.45) is 0 Å². The minimum absolute atomic E-state index is 0.0749. The van der Waals surface area contributed by atoms with Crippen LogP contribution in [0, 0.1) is 0 Å². The number of carbonyl (C=O) groups is 1. The number of likely N-dealkylation sites (N-methyl/N-ethyl adjacent to an activating group) is 1. The summed E-state index contributed by atoms with van der Waals surface area (Å²) in [7, 11) is 3.72. The van der Waals surface area contributed by atoms with Crippen molar-refractivity contribution in [1.82, 2.24) is 20.0 Å². The van der Waals surface area contributed by atoms with Gasteiger partial charge in [0, 0.05) is 30.6 Å². The summed E-state index contributed by atoms with van der Waals surface area (Å²) in [6.45, 7) is 2.82. The number of methoxy groups -OCH3 is 1. The third-order valence-electron chi connectivity index (χ3n) is 5.45. The molecule has 0 saturated heterocycles. The van der Waals surface area contributed by atoms with Crippen molar-refractivity contribution in [3.63, 3.8) is 0 Å². The Kier molecular flexibility index (Phi) is 6.82.